The van der Waals surface area contributed by atoms with Gasteiger partial charge in [-0.05, 0) is 5.41 Å². The van der Waals surface area contributed by atoms with Crippen molar-refractivity contribution in [1.29, 1.82) is 0 Å². The highest BCUT2D eigenvalue weighted by atomic mass is 16.5. The molecule has 0 aromatic rings. The second kappa shape index (κ2) is 4.04. The lowest BCUT2D eigenvalue weighted by molar-refractivity contribution is -0.132. The Kier molecular flexibility index (Phi) is 3.62. The van der Waals surface area contributed by atoms with Gasteiger partial charge in [0.05, 0.1) is 0 Å². The van der Waals surface area contributed by atoms with Crippen LogP contribution in [0.4, 0.5) is 0 Å². The molecule has 0 bridgehead atoms. The van der Waals surface area contributed by atoms with Gasteiger partial charge in [-0.25, -0.2) is 10.3 Å². The minimum atomic E-state index is -1.21. The molecule has 1 amide bonds. The SMILES string of the molecule is CC(C)(C)C(=CC(=O)O)C(=O)NO. The van der Waals surface area contributed by atoms with Gasteiger partial charge >= 0.3 is 5.97 Å². The molecule has 74 valence electrons. The van der Waals surface area contributed by atoms with Crippen molar-refractivity contribution >= 4 is 11.9 Å². The highest BCUT2D eigenvalue weighted by Gasteiger charge is 2.24. The molecule has 0 aromatic heterocycles. The molecule has 5 nitrogen and oxygen atoms in total. The van der Waals surface area contributed by atoms with Crippen molar-refractivity contribution in [3.63, 3.8) is 0 Å². The fraction of sp³-hybridized carbons (Fsp3) is 0.500. The number of carbonyl (C=O) groups excluding carboxylic acids is 1. The fourth-order valence-corrected chi connectivity index (χ4v) is 0.806. The number of hydrogen-bond donors (Lipinski definition) is 3. The van der Waals surface area contributed by atoms with Crippen LogP contribution in [0.15, 0.2) is 11.6 Å². The molecular formula is C8H13NO4. The van der Waals surface area contributed by atoms with Gasteiger partial charge in [0.15, 0.2) is 0 Å². The van der Waals surface area contributed by atoms with Gasteiger partial charge in [0, 0.05) is 11.6 Å². The smallest absolute Gasteiger partial charge is 0.328 e. The average Bonchev–Trinajstić information content (AvgIpc) is 1.96. The average molecular weight is 187 g/mol. The number of amides is 1. The normalized spacial score (nSPS) is 12.5. The van der Waals surface area contributed by atoms with E-state index in [1.165, 1.54) is 5.48 Å². The first-order valence-electron chi connectivity index (χ1n) is 3.68. The minimum Gasteiger partial charge on any atom is -0.478 e. The summed E-state index contributed by atoms with van der Waals surface area (Å²) in [5, 5.41) is 16.8. The molecule has 0 rings (SSSR count). The second-order valence-electron chi connectivity index (χ2n) is 3.59. The number of nitrogens with one attached hydrogen (secondary N) is 1. The Labute approximate surface area is 76.0 Å². The van der Waals surface area contributed by atoms with E-state index in [9.17, 15) is 9.59 Å². The monoisotopic (exact) mass is 187 g/mol. The van der Waals surface area contributed by atoms with Crippen molar-refractivity contribution in [3.05, 3.63) is 11.6 Å². The van der Waals surface area contributed by atoms with Crippen LogP contribution in [-0.4, -0.2) is 22.2 Å². The topological polar surface area (TPSA) is 86.6 Å². The summed E-state index contributed by atoms with van der Waals surface area (Å²) in [6.45, 7) is 5.03. The lowest BCUT2D eigenvalue weighted by Gasteiger charge is -2.20. The Morgan fingerprint density at radius 2 is 1.77 bits per heavy atom. The van der Waals surface area contributed by atoms with Gasteiger partial charge in [-0.2, -0.15) is 0 Å². The molecule has 0 atom stereocenters. The van der Waals surface area contributed by atoms with E-state index in [4.69, 9.17) is 10.3 Å². The van der Waals surface area contributed by atoms with E-state index in [1.807, 2.05) is 0 Å². The highest BCUT2D eigenvalue weighted by molar-refractivity contribution is 5.99. The number of hydrogen-bond acceptors (Lipinski definition) is 3. The lowest BCUT2D eigenvalue weighted by Crippen LogP contribution is -2.28. The largest absolute Gasteiger partial charge is 0.478 e. The first-order chi connectivity index (χ1) is 5.79. The molecule has 5 heteroatoms. The Morgan fingerprint density at radius 1 is 1.31 bits per heavy atom. The van der Waals surface area contributed by atoms with Crippen LogP contribution in [0, 0.1) is 5.41 Å². The Bertz CT molecular complexity index is 249. The molecule has 0 fully saturated rings. The van der Waals surface area contributed by atoms with Gasteiger partial charge in [0.25, 0.3) is 5.91 Å². The first-order valence-corrected chi connectivity index (χ1v) is 3.68. The summed E-state index contributed by atoms with van der Waals surface area (Å²) in [7, 11) is 0. The number of rotatable bonds is 2. The predicted molar refractivity (Wildman–Crippen MR) is 45.1 cm³/mol. The van der Waals surface area contributed by atoms with Crippen LogP contribution in [-0.2, 0) is 9.59 Å². The Morgan fingerprint density at radius 3 is 2.00 bits per heavy atom. The van der Waals surface area contributed by atoms with Gasteiger partial charge in [-0.15, -0.1) is 0 Å². The summed E-state index contributed by atoms with van der Waals surface area (Å²) < 4.78 is 0. The van der Waals surface area contributed by atoms with Crippen molar-refractivity contribution in [1.82, 2.24) is 5.48 Å². The minimum absolute atomic E-state index is 0.0162. The van der Waals surface area contributed by atoms with Crippen LogP contribution in [0.3, 0.4) is 0 Å². The molecule has 0 aromatic carbocycles. The summed E-state index contributed by atoms with van der Waals surface area (Å²) in [6.07, 6.45) is 0.783. The van der Waals surface area contributed by atoms with E-state index in [0.717, 1.165) is 6.08 Å². The van der Waals surface area contributed by atoms with Crippen LogP contribution in [0.5, 0.6) is 0 Å². The molecule has 13 heavy (non-hydrogen) atoms. The summed E-state index contributed by atoms with van der Waals surface area (Å²) in [6, 6.07) is 0. The molecule has 0 saturated heterocycles. The lowest BCUT2D eigenvalue weighted by atomic mass is 9.85. The third kappa shape index (κ3) is 3.71. The number of carbonyl (C=O) groups is 2. The highest BCUT2D eigenvalue weighted by Crippen LogP contribution is 2.24. The molecule has 0 saturated carbocycles. The zero-order chi connectivity index (χ0) is 10.6. The van der Waals surface area contributed by atoms with Crippen molar-refractivity contribution in [2.45, 2.75) is 20.8 Å². The molecule has 0 heterocycles. The van der Waals surface area contributed by atoms with Crippen molar-refractivity contribution in [2.75, 3.05) is 0 Å². The molecule has 0 spiro atoms. The van der Waals surface area contributed by atoms with E-state index in [1.54, 1.807) is 20.8 Å². The van der Waals surface area contributed by atoms with Crippen molar-refractivity contribution in [3.8, 4) is 0 Å². The van der Waals surface area contributed by atoms with E-state index in [2.05, 4.69) is 0 Å². The Balaban J connectivity index is 4.99. The summed E-state index contributed by atoms with van der Waals surface area (Å²) in [4.78, 5) is 21.3. The van der Waals surface area contributed by atoms with Gasteiger partial charge in [0.1, 0.15) is 0 Å². The zero-order valence-electron chi connectivity index (χ0n) is 7.79. The van der Waals surface area contributed by atoms with Gasteiger partial charge < -0.3 is 5.11 Å². The quantitative estimate of drug-likeness (QED) is 0.334. The van der Waals surface area contributed by atoms with E-state index >= 15 is 0 Å². The number of carboxylic acids is 1. The van der Waals surface area contributed by atoms with E-state index in [-0.39, 0.29) is 5.57 Å². The van der Waals surface area contributed by atoms with Gasteiger partial charge in [-0.1, -0.05) is 20.8 Å². The zero-order valence-corrected chi connectivity index (χ0v) is 7.79. The van der Waals surface area contributed by atoms with E-state index in [0.29, 0.717) is 0 Å². The number of carboxylic acid groups (broad SMARTS) is 1. The van der Waals surface area contributed by atoms with Gasteiger partial charge in [-0.3, -0.25) is 10.0 Å². The Hall–Kier alpha value is -1.36. The van der Waals surface area contributed by atoms with Gasteiger partial charge in [0.2, 0.25) is 0 Å². The van der Waals surface area contributed by atoms with Crippen LogP contribution in [0.25, 0.3) is 0 Å². The van der Waals surface area contributed by atoms with Crippen molar-refractivity contribution in [2.24, 2.45) is 5.41 Å². The fourth-order valence-electron chi connectivity index (χ4n) is 0.806. The molecule has 0 aliphatic rings. The summed E-state index contributed by atoms with van der Waals surface area (Å²) in [5.74, 6) is -2.01. The third-order valence-electron chi connectivity index (χ3n) is 1.42. The maximum atomic E-state index is 11.0. The van der Waals surface area contributed by atoms with Crippen LogP contribution >= 0.6 is 0 Å². The summed E-state index contributed by atoms with van der Waals surface area (Å²) >= 11 is 0. The van der Waals surface area contributed by atoms with Crippen LogP contribution in [0.1, 0.15) is 20.8 Å². The third-order valence-corrected chi connectivity index (χ3v) is 1.42. The first kappa shape index (κ1) is 11.6. The maximum Gasteiger partial charge on any atom is 0.328 e. The maximum absolute atomic E-state index is 11.0. The van der Waals surface area contributed by atoms with Crippen LogP contribution < -0.4 is 5.48 Å². The molecule has 0 aliphatic carbocycles. The van der Waals surface area contributed by atoms with E-state index < -0.39 is 17.3 Å². The molecule has 0 aliphatic heterocycles. The molecule has 0 radical (unpaired) electrons. The predicted octanol–water partition coefficient (Wildman–Crippen LogP) is 0.549. The number of aliphatic carboxylic acids is 1. The standard InChI is InChI=1S/C8H13NO4/c1-8(2,3)5(4-6(10)11)7(12)9-13/h4,13H,1-3H3,(H,9,12)(H,10,11). The second-order valence-corrected chi connectivity index (χ2v) is 3.59. The number of hydroxylamine groups is 1. The van der Waals surface area contributed by atoms with Crippen LogP contribution in [0.2, 0.25) is 0 Å². The van der Waals surface area contributed by atoms with Crippen molar-refractivity contribution < 1.29 is 19.9 Å². The molecule has 0 unspecified atom stereocenters. The molecular weight excluding hydrogens is 174 g/mol. The molecule has 3 N–H and O–H groups in total. The summed E-state index contributed by atoms with van der Waals surface area (Å²) in [5.41, 5.74) is 0.803.